The molecular formula is C18H28N6. The maximum Gasteiger partial charge on any atom is 0.144 e. The van der Waals surface area contributed by atoms with Gasteiger partial charge in [0.15, 0.2) is 0 Å². The molecule has 2 aromatic rings. The maximum atomic E-state index is 4.53. The second-order valence-corrected chi connectivity index (χ2v) is 6.80. The zero-order chi connectivity index (χ0) is 16.9. The third-order valence-electron chi connectivity index (χ3n) is 5.13. The Balaban J connectivity index is 1.53. The standard InChI is InChI=1S/C18H28N6/c1-14-16(10-22-23(14)3)13-24-7-4-5-15(6-8-24)9-17-11-21-18(19-2)12-20-17/h10-12,15H,4-9,13H2,1-3H3,(H,19,21)/t15-/m0/s1. The van der Waals surface area contributed by atoms with Gasteiger partial charge in [-0.25, -0.2) is 4.98 Å². The van der Waals surface area contributed by atoms with Crippen LogP contribution in [0.1, 0.15) is 36.2 Å². The zero-order valence-corrected chi connectivity index (χ0v) is 15.0. The average molecular weight is 328 g/mol. The molecule has 1 fully saturated rings. The van der Waals surface area contributed by atoms with E-state index in [0.717, 1.165) is 31.0 Å². The van der Waals surface area contributed by atoms with Crippen molar-refractivity contribution in [2.24, 2.45) is 13.0 Å². The Morgan fingerprint density at radius 2 is 2.04 bits per heavy atom. The van der Waals surface area contributed by atoms with E-state index in [-0.39, 0.29) is 0 Å². The van der Waals surface area contributed by atoms with Crippen LogP contribution in [0.3, 0.4) is 0 Å². The number of hydrogen-bond donors (Lipinski definition) is 1. The molecule has 0 saturated carbocycles. The summed E-state index contributed by atoms with van der Waals surface area (Å²) >= 11 is 0. The fourth-order valence-electron chi connectivity index (χ4n) is 3.41. The predicted molar refractivity (Wildman–Crippen MR) is 95.8 cm³/mol. The lowest BCUT2D eigenvalue weighted by Crippen LogP contribution is -2.24. The number of nitrogens with zero attached hydrogens (tertiary/aromatic N) is 5. The van der Waals surface area contributed by atoms with Crippen molar-refractivity contribution in [1.82, 2.24) is 24.6 Å². The monoisotopic (exact) mass is 328 g/mol. The quantitative estimate of drug-likeness (QED) is 0.913. The number of hydrogen-bond acceptors (Lipinski definition) is 5. The topological polar surface area (TPSA) is 58.9 Å². The summed E-state index contributed by atoms with van der Waals surface area (Å²) < 4.78 is 1.96. The van der Waals surface area contributed by atoms with Crippen molar-refractivity contribution in [2.75, 3.05) is 25.5 Å². The van der Waals surface area contributed by atoms with Gasteiger partial charge in [0.2, 0.25) is 0 Å². The third kappa shape index (κ3) is 4.12. The highest BCUT2D eigenvalue weighted by Gasteiger charge is 2.19. The molecule has 3 heterocycles. The number of rotatable bonds is 5. The van der Waals surface area contributed by atoms with Gasteiger partial charge in [0.05, 0.1) is 24.3 Å². The lowest BCUT2D eigenvalue weighted by atomic mass is 9.95. The summed E-state index contributed by atoms with van der Waals surface area (Å²) in [7, 11) is 3.88. The summed E-state index contributed by atoms with van der Waals surface area (Å²) in [5.41, 5.74) is 3.73. The van der Waals surface area contributed by atoms with Crippen LogP contribution in [0.4, 0.5) is 5.82 Å². The van der Waals surface area contributed by atoms with Gasteiger partial charge < -0.3 is 5.32 Å². The van der Waals surface area contributed by atoms with Crippen LogP contribution in [0.5, 0.6) is 0 Å². The molecule has 0 bridgehead atoms. The number of aromatic nitrogens is 4. The molecule has 1 atom stereocenters. The molecule has 1 N–H and O–H groups in total. The van der Waals surface area contributed by atoms with Crippen LogP contribution in [0.15, 0.2) is 18.6 Å². The first-order valence-corrected chi connectivity index (χ1v) is 8.84. The highest BCUT2D eigenvalue weighted by molar-refractivity contribution is 5.29. The van der Waals surface area contributed by atoms with Crippen LogP contribution in [0.25, 0.3) is 0 Å². The van der Waals surface area contributed by atoms with E-state index in [1.807, 2.05) is 37.4 Å². The van der Waals surface area contributed by atoms with Crippen molar-refractivity contribution in [3.05, 3.63) is 35.5 Å². The summed E-state index contributed by atoms with van der Waals surface area (Å²) in [5, 5.41) is 7.38. The van der Waals surface area contributed by atoms with Gasteiger partial charge >= 0.3 is 0 Å². The van der Waals surface area contributed by atoms with E-state index in [1.165, 1.54) is 37.1 Å². The Morgan fingerprint density at radius 1 is 1.17 bits per heavy atom. The molecule has 0 amide bonds. The summed E-state index contributed by atoms with van der Waals surface area (Å²) in [6, 6.07) is 0. The molecule has 3 rings (SSSR count). The molecule has 0 aromatic carbocycles. The first-order chi connectivity index (χ1) is 11.7. The summed E-state index contributed by atoms with van der Waals surface area (Å²) in [4.78, 5) is 11.5. The summed E-state index contributed by atoms with van der Waals surface area (Å²) in [6.45, 7) is 5.50. The summed E-state index contributed by atoms with van der Waals surface area (Å²) in [5.74, 6) is 1.54. The molecule has 6 nitrogen and oxygen atoms in total. The first kappa shape index (κ1) is 16.9. The Bertz CT molecular complexity index is 648. The highest BCUT2D eigenvalue weighted by atomic mass is 15.3. The molecule has 0 spiro atoms. The van der Waals surface area contributed by atoms with Crippen LogP contribution in [0, 0.1) is 12.8 Å². The van der Waals surface area contributed by atoms with E-state index in [9.17, 15) is 0 Å². The second kappa shape index (κ2) is 7.75. The average Bonchev–Trinajstić information content (AvgIpc) is 2.78. The van der Waals surface area contributed by atoms with Gasteiger partial charge in [-0.3, -0.25) is 14.6 Å². The first-order valence-electron chi connectivity index (χ1n) is 8.84. The molecule has 24 heavy (non-hydrogen) atoms. The van der Waals surface area contributed by atoms with Gasteiger partial charge in [0.1, 0.15) is 5.82 Å². The fraction of sp³-hybridized carbons (Fsp3) is 0.611. The number of aryl methyl sites for hydroxylation is 1. The Hall–Kier alpha value is -1.95. The van der Waals surface area contributed by atoms with Gasteiger partial charge in [0, 0.05) is 31.9 Å². The Morgan fingerprint density at radius 3 is 2.71 bits per heavy atom. The smallest absolute Gasteiger partial charge is 0.144 e. The van der Waals surface area contributed by atoms with Crippen LogP contribution in [-0.4, -0.2) is 44.8 Å². The van der Waals surface area contributed by atoms with E-state index < -0.39 is 0 Å². The Kier molecular flexibility index (Phi) is 5.45. The molecule has 130 valence electrons. The van der Waals surface area contributed by atoms with Crippen molar-refractivity contribution in [3.63, 3.8) is 0 Å². The van der Waals surface area contributed by atoms with Crippen molar-refractivity contribution in [1.29, 1.82) is 0 Å². The molecule has 0 aliphatic carbocycles. The maximum absolute atomic E-state index is 4.53. The number of likely N-dealkylation sites (tertiary alicyclic amines) is 1. The van der Waals surface area contributed by atoms with Gasteiger partial charge in [-0.15, -0.1) is 0 Å². The van der Waals surface area contributed by atoms with Crippen molar-refractivity contribution in [3.8, 4) is 0 Å². The van der Waals surface area contributed by atoms with Crippen LogP contribution < -0.4 is 5.32 Å². The van der Waals surface area contributed by atoms with Crippen LogP contribution in [-0.2, 0) is 20.0 Å². The van der Waals surface area contributed by atoms with Gasteiger partial charge in [0.25, 0.3) is 0 Å². The van der Waals surface area contributed by atoms with Crippen LogP contribution >= 0.6 is 0 Å². The molecule has 1 saturated heterocycles. The van der Waals surface area contributed by atoms with E-state index in [2.05, 4.69) is 32.2 Å². The van der Waals surface area contributed by atoms with Crippen LogP contribution in [0.2, 0.25) is 0 Å². The van der Waals surface area contributed by atoms with E-state index in [4.69, 9.17) is 0 Å². The molecule has 2 aromatic heterocycles. The normalized spacial score (nSPS) is 19.2. The minimum atomic E-state index is 0.708. The fourth-order valence-corrected chi connectivity index (χ4v) is 3.41. The van der Waals surface area contributed by atoms with Crippen molar-refractivity contribution in [2.45, 2.75) is 39.2 Å². The second-order valence-electron chi connectivity index (χ2n) is 6.80. The van der Waals surface area contributed by atoms with Crippen molar-refractivity contribution < 1.29 is 0 Å². The minimum Gasteiger partial charge on any atom is -0.372 e. The Labute approximate surface area is 144 Å². The third-order valence-corrected chi connectivity index (χ3v) is 5.13. The zero-order valence-electron chi connectivity index (χ0n) is 15.0. The lowest BCUT2D eigenvalue weighted by molar-refractivity contribution is 0.271. The molecule has 6 heteroatoms. The van der Waals surface area contributed by atoms with E-state index in [0.29, 0.717) is 5.92 Å². The van der Waals surface area contributed by atoms with Gasteiger partial charge in [-0.1, -0.05) is 0 Å². The largest absolute Gasteiger partial charge is 0.372 e. The molecular weight excluding hydrogens is 300 g/mol. The minimum absolute atomic E-state index is 0.708. The highest BCUT2D eigenvalue weighted by Crippen LogP contribution is 2.22. The molecule has 0 radical (unpaired) electrons. The molecule has 1 aliphatic rings. The van der Waals surface area contributed by atoms with Crippen molar-refractivity contribution >= 4 is 5.82 Å². The predicted octanol–water partition coefficient (Wildman–Crippen LogP) is 2.41. The lowest BCUT2D eigenvalue weighted by Gasteiger charge is -2.20. The summed E-state index contributed by atoms with van der Waals surface area (Å²) in [6.07, 6.45) is 10.5. The molecule has 0 unspecified atom stereocenters. The molecule has 1 aliphatic heterocycles. The van der Waals surface area contributed by atoms with E-state index in [1.54, 1.807) is 0 Å². The number of nitrogens with one attached hydrogen (secondary N) is 1. The number of anilines is 1. The SMILES string of the molecule is CNc1cnc(C[C@H]2CCCN(Cc3cnn(C)c3C)CC2)cn1. The van der Waals surface area contributed by atoms with Gasteiger partial charge in [-0.05, 0) is 51.6 Å². The van der Waals surface area contributed by atoms with E-state index >= 15 is 0 Å². The van der Waals surface area contributed by atoms with Gasteiger partial charge in [-0.2, -0.15) is 5.10 Å².